The minimum Gasteiger partial charge on any atom is -0.376 e. The molecule has 0 spiro atoms. The van der Waals surface area contributed by atoms with Gasteiger partial charge in [-0.15, -0.1) is 11.3 Å². The lowest BCUT2D eigenvalue weighted by molar-refractivity contribution is -0.122. The third-order valence-electron chi connectivity index (χ3n) is 3.32. The molecule has 1 unspecified atom stereocenters. The lowest BCUT2D eigenvalue weighted by Crippen LogP contribution is -2.36. The van der Waals surface area contributed by atoms with Gasteiger partial charge < -0.3 is 10.1 Å². The molecule has 1 amide bonds. The summed E-state index contributed by atoms with van der Waals surface area (Å²) in [6, 6.07) is 1.73. The monoisotopic (exact) mass is 293 g/mol. The van der Waals surface area contributed by atoms with Crippen molar-refractivity contribution in [2.75, 3.05) is 13.2 Å². The number of nitrogens with zero attached hydrogens (tertiary/aromatic N) is 2. The predicted molar refractivity (Wildman–Crippen MR) is 75.9 cm³/mol. The minimum absolute atomic E-state index is 0.00958. The summed E-state index contributed by atoms with van der Waals surface area (Å²) < 4.78 is 6.76. The summed E-state index contributed by atoms with van der Waals surface area (Å²) in [6.07, 6.45) is 3.54. The van der Waals surface area contributed by atoms with E-state index in [4.69, 9.17) is 4.74 Å². The number of carbonyl (C=O) groups is 1. The molecule has 106 valence electrons. The first-order valence-corrected chi connectivity index (χ1v) is 7.43. The standard InChI is InChI=1S/C13H15N3O3S/c17-11(14-6-9-2-1-4-19-9)7-16-8-15-12-10(13(16)18)3-5-20-12/h3,5,8-9H,1-2,4,6-7H2,(H,14,17). The second kappa shape index (κ2) is 5.72. The highest BCUT2D eigenvalue weighted by atomic mass is 32.1. The van der Waals surface area contributed by atoms with Gasteiger partial charge >= 0.3 is 0 Å². The van der Waals surface area contributed by atoms with Crippen LogP contribution in [-0.4, -0.2) is 34.7 Å². The van der Waals surface area contributed by atoms with Crippen LogP contribution in [0.15, 0.2) is 22.6 Å². The molecule has 1 atom stereocenters. The Bertz CT molecular complexity index is 673. The van der Waals surface area contributed by atoms with E-state index in [-0.39, 0.29) is 24.1 Å². The second-order valence-electron chi connectivity index (χ2n) is 4.76. The first-order chi connectivity index (χ1) is 9.74. The van der Waals surface area contributed by atoms with E-state index in [1.54, 1.807) is 6.07 Å². The minimum atomic E-state index is -0.195. The highest BCUT2D eigenvalue weighted by Crippen LogP contribution is 2.13. The van der Waals surface area contributed by atoms with Crippen LogP contribution in [0.3, 0.4) is 0 Å². The van der Waals surface area contributed by atoms with Crippen LogP contribution in [0.25, 0.3) is 10.2 Å². The van der Waals surface area contributed by atoms with Gasteiger partial charge in [0.15, 0.2) is 0 Å². The van der Waals surface area contributed by atoms with Crippen LogP contribution in [0.4, 0.5) is 0 Å². The summed E-state index contributed by atoms with van der Waals surface area (Å²) >= 11 is 1.41. The second-order valence-corrected chi connectivity index (χ2v) is 5.65. The summed E-state index contributed by atoms with van der Waals surface area (Å²) in [5, 5.41) is 5.17. The van der Waals surface area contributed by atoms with E-state index >= 15 is 0 Å². The zero-order valence-corrected chi connectivity index (χ0v) is 11.7. The summed E-state index contributed by atoms with van der Waals surface area (Å²) in [4.78, 5) is 28.8. The SMILES string of the molecule is O=C(Cn1cnc2sccc2c1=O)NCC1CCCO1. The Morgan fingerprint density at radius 3 is 3.30 bits per heavy atom. The van der Waals surface area contributed by atoms with E-state index < -0.39 is 0 Å². The average molecular weight is 293 g/mol. The van der Waals surface area contributed by atoms with Crippen molar-refractivity contribution in [2.45, 2.75) is 25.5 Å². The van der Waals surface area contributed by atoms with E-state index in [9.17, 15) is 9.59 Å². The summed E-state index contributed by atoms with van der Waals surface area (Å²) in [5.74, 6) is -0.195. The first kappa shape index (κ1) is 13.3. The molecule has 1 N–H and O–H groups in total. The van der Waals surface area contributed by atoms with E-state index in [0.717, 1.165) is 19.4 Å². The molecule has 0 bridgehead atoms. The highest BCUT2D eigenvalue weighted by Gasteiger charge is 2.16. The predicted octanol–water partition coefficient (Wildman–Crippen LogP) is 0.753. The van der Waals surface area contributed by atoms with E-state index in [1.807, 2.05) is 5.38 Å². The maximum Gasteiger partial charge on any atom is 0.262 e. The van der Waals surface area contributed by atoms with Crippen molar-refractivity contribution in [3.05, 3.63) is 28.1 Å². The van der Waals surface area contributed by atoms with Gasteiger partial charge in [0.1, 0.15) is 11.4 Å². The third-order valence-corrected chi connectivity index (χ3v) is 4.14. The summed E-state index contributed by atoms with van der Waals surface area (Å²) in [5.41, 5.74) is -0.177. The molecule has 0 saturated carbocycles. The van der Waals surface area contributed by atoms with Crippen molar-refractivity contribution in [3.8, 4) is 0 Å². The molecular formula is C13H15N3O3S. The lowest BCUT2D eigenvalue weighted by atomic mass is 10.2. The largest absolute Gasteiger partial charge is 0.376 e. The quantitative estimate of drug-likeness (QED) is 0.903. The molecule has 1 fully saturated rings. The molecule has 0 aromatic carbocycles. The molecule has 0 radical (unpaired) electrons. The molecule has 1 aliphatic rings. The van der Waals surface area contributed by atoms with Crippen LogP contribution < -0.4 is 10.9 Å². The fourth-order valence-electron chi connectivity index (χ4n) is 2.25. The maximum atomic E-state index is 12.1. The highest BCUT2D eigenvalue weighted by molar-refractivity contribution is 7.16. The van der Waals surface area contributed by atoms with Gasteiger partial charge in [-0.05, 0) is 24.3 Å². The fourth-order valence-corrected chi connectivity index (χ4v) is 2.97. The smallest absolute Gasteiger partial charge is 0.262 e. The third kappa shape index (κ3) is 2.73. The van der Waals surface area contributed by atoms with Gasteiger partial charge in [0, 0.05) is 13.2 Å². The summed E-state index contributed by atoms with van der Waals surface area (Å²) in [6.45, 7) is 1.25. The molecule has 20 heavy (non-hydrogen) atoms. The van der Waals surface area contributed by atoms with Crippen LogP contribution in [0.2, 0.25) is 0 Å². The average Bonchev–Trinajstić information content (AvgIpc) is 3.10. The number of rotatable bonds is 4. The fraction of sp³-hybridized carbons (Fsp3) is 0.462. The van der Waals surface area contributed by atoms with Gasteiger partial charge in [-0.25, -0.2) is 4.98 Å². The van der Waals surface area contributed by atoms with E-state index in [1.165, 1.54) is 22.2 Å². The summed E-state index contributed by atoms with van der Waals surface area (Å²) in [7, 11) is 0. The molecule has 3 heterocycles. The van der Waals surface area contributed by atoms with Crippen molar-refractivity contribution in [2.24, 2.45) is 0 Å². The van der Waals surface area contributed by atoms with Gasteiger partial charge in [0.05, 0.1) is 17.8 Å². The Hall–Kier alpha value is -1.73. The molecule has 7 heteroatoms. The van der Waals surface area contributed by atoms with Crippen molar-refractivity contribution in [1.29, 1.82) is 0 Å². The van der Waals surface area contributed by atoms with Crippen molar-refractivity contribution >= 4 is 27.5 Å². The Kier molecular flexibility index (Phi) is 3.79. The topological polar surface area (TPSA) is 73.2 Å². The van der Waals surface area contributed by atoms with Crippen LogP contribution >= 0.6 is 11.3 Å². The Morgan fingerprint density at radius 1 is 1.60 bits per heavy atom. The van der Waals surface area contributed by atoms with Crippen LogP contribution in [0.1, 0.15) is 12.8 Å². The number of hydrogen-bond donors (Lipinski definition) is 1. The number of nitrogens with one attached hydrogen (secondary N) is 1. The molecule has 0 aliphatic carbocycles. The molecule has 3 rings (SSSR count). The Labute approximate surface area is 119 Å². The van der Waals surface area contributed by atoms with Gasteiger partial charge in [-0.2, -0.15) is 0 Å². The number of hydrogen-bond acceptors (Lipinski definition) is 5. The first-order valence-electron chi connectivity index (χ1n) is 6.55. The molecule has 1 saturated heterocycles. The molecule has 2 aromatic heterocycles. The number of thiophene rings is 1. The van der Waals surface area contributed by atoms with Gasteiger partial charge in [-0.1, -0.05) is 0 Å². The Balaban J connectivity index is 1.64. The van der Waals surface area contributed by atoms with E-state index in [0.29, 0.717) is 16.8 Å². The normalized spacial score (nSPS) is 18.5. The van der Waals surface area contributed by atoms with Crippen molar-refractivity contribution in [3.63, 3.8) is 0 Å². The molecule has 2 aromatic rings. The van der Waals surface area contributed by atoms with E-state index in [2.05, 4.69) is 10.3 Å². The van der Waals surface area contributed by atoms with Crippen molar-refractivity contribution in [1.82, 2.24) is 14.9 Å². The number of aromatic nitrogens is 2. The van der Waals surface area contributed by atoms with Crippen LogP contribution in [0.5, 0.6) is 0 Å². The number of amides is 1. The number of ether oxygens (including phenoxy) is 1. The lowest BCUT2D eigenvalue weighted by Gasteiger charge is -2.11. The molecule has 6 nitrogen and oxygen atoms in total. The van der Waals surface area contributed by atoms with Gasteiger partial charge in [0.25, 0.3) is 5.56 Å². The number of carbonyl (C=O) groups excluding carboxylic acids is 1. The van der Waals surface area contributed by atoms with Gasteiger partial charge in [-0.3, -0.25) is 14.2 Å². The van der Waals surface area contributed by atoms with Crippen LogP contribution in [0, 0.1) is 0 Å². The zero-order valence-electron chi connectivity index (χ0n) is 10.9. The van der Waals surface area contributed by atoms with Crippen LogP contribution in [-0.2, 0) is 16.1 Å². The molecule has 1 aliphatic heterocycles. The zero-order chi connectivity index (χ0) is 13.9. The maximum absolute atomic E-state index is 12.1. The Morgan fingerprint density at radius 2 is 2.50 bits per heavy atom. The van der Waals surface area contributed by atoms with Gasteiger partial charge in [0.2, 0.25) is 5.91 Å². The molecular weight excluding hydrogens is 278 g/mol. The number of fused-ring (bicyclic) bond motifs is 1. The van der Waals surface area contributed by atoms with Crippen molar-refractivity contribution < 1.29 is 9.53 Å².